The average Bonchev–Trinajstić information content (AvgIpc) is 2.20. The van der Waals surface area contributed by atoms with Crippen molar-refractivity contribution in [2.45, 2.75) is 20.8 Å². The maximum atomic E-state index is 10.3. The summed E-state index contributed by atoms with van der Waals surface area (Å²) in [7, 11) is 1.74. The van der Waals surface area contributed by atoms with Crippen LogP contribution in [0.25, 0.3) is 0 Å². The van der Waals surface area contributed by atoms with Crippen LogP contribution in [0.4, 0.5) is 5.69 Å². The van der Waals surface area contributed by atoms with Gasteiger partial charge in [0.1, 0.15) is 0 Å². The molecule has 2 heteroatoms. The minimum absolute atomic E-state index is 0.800. The van der Waals surface area contributed by atoms with Crippen LogP contribution in [0.1, 0.15) is 19.4 Å². The maximum absolute atomic E-state index is 10.3. The SMILES string of the molecule is CC.Cc1cccc(N(C)C=O)c1. The number of anilines is 1. The lowest BCUT2D eigenvalue weighted by molar-refractivity contribution is -0.107. The first kappa shape index (κ1) is 11.7. The van der Waals surface area contributed by atoms with Crippen LogP contribution in [0.15, 0.2) is 24.3 Å². The topological polar surface area (TPSA) is 20.3 Å². The van der Waals surface area contributed by atoms with Crippen molar-refractivity contribution in [1.82, 2.24) is 0 Å². The molecule has 0 spiro atoms. The highest BCUT2D eigenvalue weighted by Crippen LogP contribution is 2.11. The maximum Gasteiger partial charge on any atom is 0.213 e. The van der Waals surface area contributed by atoms with Gasteiger partial charge in [0.05, 0.1) is 0 Å². The van der Waals surface area contributed by atoms with Crippen LogP contribution in [0.5, 0.6) is 0 Å². The first-order chi connectivity index (χ1) is 6.24. The molecule has 0 radical (unpaired) electrons. The molecule has 1 amide bonds. The van der Waals surface area contributed by atoms with Gasteiger partial charge in [-0.3, -0.25) is 4.79 Å². The van der Waals surface area contributed by atoms with Gasteiger partial charge in [-0.15, -0.1) is 0 Å². The summed E-state index contributed by atoms with van der Waals surface area (Å²) in [6.45, 7) is 6.00. The number of carbonyl (C=O) groups is 1. The summed E-state index contributed by atoms with van der Waals surface area (Å²) >= 11 is 0. The van der Waals surface area contributed by atoms with Crippen molar-refractivity contribution in [2.24, 2.45) is 0 Å². The Morgan fingerprint density at radius 2 is 1.92 bits per heavy atom. The molecule has 1 aromatic rings. The van der Waals surface area contributed by atoms with E-state index in [-0.39, 0.29) is 0 Å². The number of aryl methyl sites for hydroxylation is 1. The Kier molecular flexibility index (Phi) is 5.60. The summed E-state index contributed by atoms with van der Waals surface area (Å²) in [4.78, 5) is 11.9. The lowest BCUT2D eigenvalue weighted by Crippen LogP contribution is -2.13. The molecule has 0 heterocycles. The summed E-state index contributed by atoms with van der Waals surface area (Å²) in [5.74, 6) is 0. The molecule has 0 atom stereocenters. The van der Waals surface area contributed by atoms with E-state index in [0.717, 1.165) is 17.7 Å². The second-order valence-electron chi connectivity index (χ2n) is 2.56. The predicted molar refractivity (Wildman–Crippen MR) is 57.0 cm³/mol. The van der Waals surface area contributed by atoms with Gasteiger partial charge in [-0.25, -0.2) is 0 Å². The van der Waals surface area contributed by atoms with Gasteiger partial charge in [0.2, 0.25) is 6.41 Å². The Balaban J connectivity index is 0.000000671. The van der Waals surface area contributed by atoms with E-state index in [1.165, 1.54) is 0 Å². The molecule has 0 saturated heterocycles. The highest BCUT2D eigenvalue weighted by atomic mass is 16.1. The van der Waals surface area contributed by atoms with Crippen LogP contribution in [-0.2, 0) is 4.79 Å². The van der Waals surface area contributed by atoms with Crippen LogP contribution in [-0.4, -0.2) is 13.5 Å². The van der Waals surface area contributed by atoms with E-state index in [1.807, 2.05) is 45.0 Å². The molecule has 0 aliphatic rings. The molecule has 13 heavy (non-hydrogen) atoms. The molecule has 0 aliphatic heterocycles. The zero-order valence-electron chi connectivity index (χ0n) is 8.74. The fourth-order valence-electron chi connectivity index (χ4n) is 0.908. The molecule has 1 aromatic carbocycles. The smallest absolute Gasteiger partial charge is 0.213 e. The largest absolute Gasteiger partial charge is 0.318 e. The molecule has 1 rings (SSSR count). The zero-order chi connectivity index (χ0) is 10.3. The van der Waals surface area contributed by atoms with Gasteiger partial charge in [0, 0.05) is 12.7 Å². The number of benzene rings is 1. The zero-order valence-corrected chi connectivity index (χ0v) is 8.74. The minimum Gasteiger partial charge on any atom is -0.318 e. The second-order valence-corrected chi connectivity index (χ2v) is 2.56. The molecule has 0 fully saturated rings. The van der Waals surface area contributed by atoms with Gasteiger partial charge in [-0.1, -0.05) is 26.0 Å². The Hall–Kier alpha value is -1.31. The molecule has 0 aromatic heterocycles. The van der Waals surface area contributed by atoms with E-state index in [9.17, 15) is 4.79 Å². The van der Waals surface area contributed by atoms with Crippen LogP contribution in [0.3, 0.4) is 0 Å². The quantitative estimate of drug-likeness (QED) is 0.639. The first-order valence-corrected chi connectivity index (χ1v) is 4.49. The monoisotopic (exact) mass is 179 g/mol. The van der Waals surface area contributed by atoms with E-state index in [4.69, 9.17) is 0 Å². The first-order valence-electron chi connectivity index (χ1n) is 4.49. The standard InChI is InChI=1S/C9H11NO.C2H6/c1-8-4-3-5-9(6-8)10(2)7-11;1-2/h3-7H,1-2H3;1-2H3. The van der Waals surface area contributed by atoms with Crippen molar-refractivity contribution in [3.8, 4) is 0 Å². The third kappa shape index (κ3) is 3.74. The van der Waals surface area contributed by atoms with E-state index in [1.54, 1.807) is 11.9 Å². The van der Waals surface area contributed by atoms with Gasteiger partial charge in [-0.05, 0) is 24.6 Å². The van der Waals surface area contributed by atoms with Crippen LogP contribution >= 0.6 is 0 Å². The van der Waals surface area contributed by atoms with Gasteiger partial charge in [0.25, 0.3) is 0 Å². The fourth-order valence-corrected chi connectivity index (χ4v) is 0.908. The van der Waals surface area contributed by atoms with Crippen molar-refractivity contribution >= 4 is 12.1 Å². The van der Waals surface area contributed by atoms with Gasteiger partial charge in [-0.2, -0.15) is 0 Å². The highest BCUT2D eigenvalue weighted by molar-refractivity contribution is 5.74. The van der Waals surface area contributed by atoms with Gasteiger partial charge < -0.3 is 4.90 Å². The van der Waals surface area contributed by atoms with E-state index in [2.05, 4.69) is 0 Å². The van der Waals surface area contributed by atoms with E-state index < -0.39 is 0 Å². The highest BCUT2D eigenvalue weighted by Gasteiger charge is 1.96. The molecule has 2 nitrogen and oxygen atoms in total. The summed E-state index contributed by atoms with van der Waals surface area (Å²) in [6, 6.07) is 7.81. The van der Waals surface area contributed by atoms with Crippen LogP contribution in [0.2, 0.25) is 0 Å². The molecule has 0 bridgehead atoms. The Bertz CT molecular complexity index is 258. The Morgan fingerprint density at radius 3 is 2.38 bits per heavy atom. The molecular formula is C11H17NO. The van der Waals surface area contributed by atoms with Crippen molar-refractivity contribution in [2.75, 3.05) is 11.9 Å². The van der Waals surface area contributed by atoms with Crippen LogP contribution < -0.4 is 4.90 Å². The minimum atomic E-state index is 0.800. The summed E-state index contributed by atoms with van der Waals surface area (Å²) < 4.78 is 0. The molecule has 0 aliphatic carbocycles. The number of amides is 1. The third-order valence-corrected chi connectivity index (χ3v) is 1.57. The number of hydrogen-bond donors (Lipinski definition) is 0. The average molecular weight is 179 g/mol. The molecular weight excluding hydrogens is 162 g/mol. The van der Waals surface area contributed by atoms with E-state index in [0.29, 0.717) is 0 Å². The lowest BCUT2D eigenvalue weighted by Gasteiger charge is -2.10. The van der Waals surface area contributed by atoms with Crippen molar-refractivity contribution in [1.29, 1.82) is 0 Å². The molecule has 0 unspecified atom stereocenters. The molecule has 72 valence electrons. The van der Waals surface area contributed by atoms with Gasteiger partial charge in [0.15, 0.2) is 0 Å². The number of hydrogen-bond acceptors (Lipinski definition) is 1. The normalized spacial score (nSPS) is 8.31. The molecule has 0 N–H and O–H groups in total. The Labute approximate surface area is 80.2 Å². The second kappa shape index (κ2) is 6.23. The van der Waals surface area contributed by atoms with Crippen molar-refractivity contribution in [3.63, 3.8) is 0 Å². The third-order valence-electron chi connectivity index (χ3n) is 1.57. The summed E-state index contributed by atoms with van der Waals surface area (Å²) in [6.07, 6.45) is 0.800. The van der Waals surface area contributed by atoms with Gasteiger partial charge >= 0.3 is 0 Å². The molecule has 0 saturated carbocycles. The van der Waals surface area contributed by atoms with Crippen molar-refractivity contribution in [3.05, 3.63) is 29.8 Å². The number of carbonyl (C=O) groups excluding carboxylic acids is 1. The fraction of sp³-hybridized carbons (Fsp3) is 0.364. The Morgan fingerprint density at radius 1 is 1.31 bits per heavy atom. The van der Waals surface area contributed by atoms with Crippen LogP contribution in [0, 0.1) is 6.92 Å². The number of rotatable bonds is 2. The van der Waals surface area contributed by atoms with E-state index >= 15 is 0 Å². The predicted octanol–water partition coefficient (Wildman–Crippen LogP) is 2.61. The summed E-state index contributed by atoms with van der Waals surface area (Å²) in [5, 5.41) is 0. The number of nitrogens with zero attached hydrogens (tertiary/aromatic N) is 1. The summed E-state index contributed by atoms with van der Waals surface area (Å²) in [5.41, 5.74) is 2.09. The van der Waals surface area contributed by atoms with Crippen molar-refractivity contribution < 1.29 is 4.79 Å². The lowest BCUT2D eigenvalue weighted by atomic mass is 10.2.